The first-order valence-electron chi connectivity index (χ1n) is 5.66. The highest BCUT2D eigenvalue weighted by Gasteiger charge is 2.20. The molecule has 0 radical (unpaired) electrons. The van der Waals surface area contributed by atoms with Crippen molar-refractivity contribution in [3.63, 3.8) is 0 Å². The van der Waals surface area contributed by atoms with E-state index in [9.17, 15) is 19.8 Å². The van der Waals surface area contributed by atoms with Gasteiger partial charge in [0.15, 0.2) is 0 Å². The van der Waals surface area contributed by atoms with E-state index < -0.39 is 18.2 Å². The van der Waals surface area contributed by atoms with Gasteiger partial charge in [-0.15, -0.1) is 0 Å². The number of aliphatic hydroxyl groups is 2. The summed E-state index contributed by atoms with van der Waals surface area (Å²) in [7, 11) is 0. The van der Waals surface area contributed by atoms with Gasteiger partial charge in [0.1, 0.15) is 0 Å². The van der Waals surface area contributed by atoms with E-state index in [4.69, 9.17) is 0 Å². The number of hydrogen-bond acceptors (Lipinski definition) is 4. The van der Waals surface area contributed by atoms with Crippen molar-refractivity contribution in [3.05, 3.63) is 0 Å². The minimum atomic E-state index is -0.944. The van der Waals surface area contributed by atoms with E-state index in [0.717, 1.165) is 0 Å². The highest BCUT2D eigenvalue weighted by atomic mass is 16.3. The zero-order valence-electron chi connectivity index (χ0n) is 10.7. The fourth-order valence-electron chi connectivity index (χ4n) is 1.22. The van der Waals surface area contributed by atoms with Crippen LogP contribution in [-0.4, -0.2) is 46.3 Å². The van der Waals surface area contributed by atoms with Crippen molar-refractivity contribution in [2.45, 2.75) is 58.4 Å². The second-order valence-electron chi connectivity index (χ2n) is 4.36. The molecule has 2 amide bonds. The van der Waals surface area contributed by atoms with Gasteiger partial charge in [0.05, 0.1) is 30.7 Å². The molecule has 0 heterocycles. The van der Waals surface area contributed by atoms with Gasteiger partial charge in [0.25, 0.3) is 0 Å². The van der Waals surface area contributed by atoms with Crippen LogP contribution in [0.3, 0.4) is 0 Å². The zero-order valence-corrected chi connectivity index (χ0v) is 10.7. The van der Waals surface area contributed by atoms with E-state index in [1.54, 1.807) is 20.8 Å². The Morgan fingerprint density at radius 2 is 1.59 bits per heavy atom. The fourth-order valence-corrected chi connectivity index (χ4v) is 1.22. The fraction of sp³-hybridized carbons (Fsp3) is 0.818. The summed E-state index contributed by atoms with van der Waals surface area (Å²) in [4.78, 5) is 22.2. The maximum Gasteiger partial charge on any atom is 0.222 e. The predicted octanol–water partition coefficient (Wildman–Crippen LogP) is -0.852. The Kier molecular flexibility index (Phi) is 6.75. The Balaban J connectivity index is 4.07. The van der Waals surface area contributed by atoms with Crippen molar-refractivity contribution in [2.75, 3.05) is 0 Å². The monoisotopic (exact) mass is 246 g/mol. The van der Waals surface area contributed by atoms with Crippen LogP contribution in [0.1, 0.15) is 34.1 Å². The van der Waals surface area contributed by atoms with E-state index >= 15 is 0 Å². The molecule has 4 atom stereocenters. The molecular weight excluding hydrogens is 224 g/mol. The molecule has 0 aromatic rings. The summed E-state index contributed by atoms with van der Waals surface area (Å²) in [6.45, 7) is 6.21. The first-order chi connectivity index (χ1) is 7.73. The maximum atomic E-state index is 11.5. The number of carbonyl (C=O) groups is 2. The highest BCUT2D eigenvalue weighted by molar-refractivity contribution is 5.77. The number of aliphatic hydroxyl groups excluding tert-OH is 2. The van der Waals surface area contributed by atoms with Crippen LogP contribution in [0.2, 0.25) is 0 Å². The topological polar surface area (TPSA) is 98.7 Å². The Morgan fingerprint density at radius 3 is 2.00 bits per heavy atom. The predicted molar refractivity (Wildman–Crippen MR) is 63.2 cm³/mol. The van der Waals surface area contributed by atoms with Crippen LogP contribution < -0.4 is 10.6 Å². The van der Waals surface area contributed by atoms with Crippen molar-refractivity contribution < 1.29 is 19.8 Å². The van der Waals surface area contributed by atoms with Gasteiger partial charge in [-0.3, -0.25) is 9.59 Å². The highest BCUT2D eigenvalue weighted by Crippen LogP contribution is 2.00. The number of hydrogen-bond donors (Lipinski definition) is 4. The Hall–Kier alpha value is -1.14. The summed E-state index contributed by atoms with van der Waals surface area (Å²) in [5.74, 6) is -0.614. The van der Waals surface area contributed by atoms with Crippen LogP contribution in [0.15, 0.2) is 0 Å². The van der Waals surface area contributed by atoms with Gasteiger partial charge in [-0.2, -0.15) is 0 Å². The van der Waals surface area contributed by atoms with E-state index in [1.165, 1.54) is 6.92 Å². The summed E-state index contributed by atoms with van der Waals surface area (Å²) in [6, 6.07) is -0.856. The number of carbonyl (C=O) groups excluding carboxylic acids is 2. The molecule has 0 saturated heterocycles. The molecule has 0 bridgehead atoms. The quantitative estimate of drug-likeness (QED) is 0.490. The molecule has 0 aliphatic heterocycles. The first-order valence-corrected chi connectivity index (χ1v) is 5.66. The normalized spacial score (nSPS) is 17.8. The third-order valence-electron chi connectivity index (χ3n) is 2.51. The minimum absolute atomic E-state index is 0.113. The van der Waals surface area contributed by atoms with Gasteiger partial charge in [-0.1, -0.05) is 0 Å². The number of rotatable bonds is 6. The Bertz CT molecular complexity index is 268. The van der Waals surface area contributed by atoms with E-state index in [-0.39, 0.29) is 24.3 Å². The second-order valence-corrected chi connectivity index (χ2v) is 4.36. The molecule has 6 heteroatoms. The molecule has 100 valence electrons. The lowest BCUT2D eigenvalue weighted by Gasteiger charge is -2.21. The zero-order chi connectivity index (χ0) is 13.6. The number of amides is 2. The SMILES string of the molecule is CC(=O)NC(C)C(O)CC(=O)NC(C)C(C)O. The van der Waals surface area contributed by atoms with Crippen molar-refractivity contribution in [1.29, 1.82) is 0 Å². The van der Waals surface area contributed by atoms with Crippen LogP contribution in [0, 0.1) is 0 Å². The molecule has 17 heavy (non-hydrogen) atoms. The molecule has 0 spiro atoms. The minimum Gasteiger partial charge on any atom is -0.391 e. The van der Waals surface area contributed by atoms with Gasteiger partial charge in [-0.05, 0) is 20.8 Å². The lowest BCUT2D eigenvalue weighted by atomic mass is 10.1. The summed E-state index contributed by atoms with van der Waals surface area (Å²) in [5, 5.41) is 23.9. The van der Waals surface area contributed by atoms with Crippen molar-refractivity contribution in [2.24, 2.45) is 0 Å². The molecule has 0 aromatic carbocycles. The van der Waals surface area contributed by atoms with Gasteiger partial charge in [0.2, 0.25) is 11.8 Å². The molecule has 6 nitrogen and oxygen atoms in total. The van der Waals surface area contributed by atoms with Crippen molar-refractivity contribution >= 4 is 11.8 Å². The Morgan fingerprint density at radius 1 is 1.06 bits per heavy atom. The van der Waals surface area contributed by atoms with Crippen molar-refractivity contribution in [3.8, 4) is 0 Å². The average Bonchev–Trinajstić information content (AvgIpc) is 2.15. The summed E-state index contributed by atoms with van der Waals surface area (Å²) in [6.07, 6.45) is -1.71. The van der Waals surface area contributed by atoms with Crippen molar-refractivity contribution in [1.82, 2.24) is 10.6 Å². The average molecular weight is 246 g/mol. The molecule has 0 saturated carbocycles. The van der Waals surface area contributed by atoms with Gasteiger partial charge >= 0.3 is 0 Å². The molecule has 0 fully saturated rings. The largest absolute Gasteiger partial charge is 0.391 e. The number of nitrogens with one attached hydrogen (secondary N) is 2. The third-order valence-corrected chi connectivity index (χ3v) is 2.51. The lowest BCUT2D eigenvalue weighted by molar-refractivity contribution is -0.126. The van der Waals surface area contributed by atoms with Gasteiger partial charge < -0.3 is 20.8 Å². The van der Waals surface area contributed by atoms with Crippen LogP contribution >= 0.6 is 0 Å². The molecule has 0 rings (SSSR count). The molecule has 4 N–H and O–H groups in total. The maximum absolute atomic E-state index is 11.5. The second kappa shape index (κ2) is 7.24. The molecule has 0 aliphatic carbocycles. The third kappa shape index (κ3) is 6.91. The van der Waals surface area contributed by atoms with E-state index in [0.29, 0.717) is 0 Å². The summed E-state index contributed by atoms with van der Waals surface area (Å²) >= 11 is 0. The van der Waals surface area contributed by atoms with Gasteiger partial charge in [0, 0.05) is 6.92 Å². The standard InChI is InChI=1S/C11H22N2O4/c1-6(8(3)14)13-11(17)5-10(16)7(2)12-9(4)15/h6-8,10,14,16H,5H2,1-4H3,(H,12,15)(H,13,17). The van der Waals surface area contributed by atoms with Crippen LogP contribution in [-0.2, 0) is 9.59 Å². The summed E-state index contributed by atoms with van der Waals surface area (Å²) < 4.78 is 0. The first kappa shape index (κ1) is 15.9. The molecule has 0 aliphatic rings. The van der Waals surface area contributed by atoms with E-state index in [2.05, 4.69) is 10.6 Å². The summed E-state index contributed by atoms with van der Waals surface area (Å²) in [5.41, 5.74) is 0. The smallest absolute Gasteiger partial charge is 0.222 e. The van der Waals surface area contributed by atoms with Crippen LogP contribution in [0.4, 0.5) is 0 Å². The molecule has 0 aromatic heterocycles. The Labute approximate surface area is 101 Å². The van der Waals surface area contributed by atoms with E-state index in [1.807, 2.05) is 0 Å². The van der Waals surface area contributed by atoms with Crippen LogP contribution in [0.25, 0.3) is 0 Å². The molecule has 4 unspecified atom stereocenters. The molecular formula is C11H22N2O4. The lowest BCUT2D eigenvalue weighted by Crippen LogP contribution is -2.45. The van der Waals surface area contributed by atoms with Gasteiger partial charge in [-0.25, -0.2) is 0 Å². The van der Waals surface area contributed by atoms with Crippen LogP contribution in [0.5, 0.6) is 0 Å².